The maximum atomic E-state index is 12.1. The predicted octanol–water partition coefficient (Wildman–Crippen LogP) is 1.93. The van der Waals surface area contributed by atoms with Crippen molar-refractivity contribution in [1.29, 1.82) is 0 Å². The van der Waals surface area contributed by atoms with E-state index in [-0.39, 0.29) is 30.3 Å². The van der Waals surface area contributed by atoms with Crippen molar-refractivity contribution < 1.29 is 9.59 Å². The van der Waals surface area contributed by atoms with Gasteiger partial charge >= 0.3 is 0 Å². The molecule has 6 heteroatoms. The number of carbonyl (C=O) groups excluding carboxylic acids is 2. The van der Waals surface area contributed by atoms with Crippen molar-refractivity contribution in [2.45, 2.75) is 31.7 Å². The lowest BCUT2D eigenvalue weighted by atomic mass is 10.2. The normalized spacial score (nSPS) is 21.2. The molecule has 2 heterocycles. The number of halogens is 1. The Labute approximate surface area is 130 Å². The van der Waals surface area contributed by atoms with Crippen LogP contribution in [0.4, 0.5) is 11.4 Å². The molecule has 5 nitrogen and oxygen atoms in total. The highest BCUT2D eigenvalue weighted by Crippen LogP contribution is 2.24. The van der Waals surface area contributed by atoms with Crippen LogP contribution >= 0.6 is 12.4 Å². The average Bonchev–Trinajstić information content (AvgIpc) is 3.10. The first-order valence-corrected chi connectivity index (χ1v) is 7.19. The molecule has 2 saturated heterocycles. The highest BCUT2D eigenvalue weighted by molar-refractivity contribution is 5.98. The molecule has 0 spiro atoms. The minimum Gasteiger partial charge on any atom is -0.325 e. The van der Waals surface area contributed by atoms with Crippen LogP contribution < -0.4 is 15.5 Å². The summed E-state index contributed by atoms with van der Waals surface area (Å²) in [6, 6.07) is 7.42. The zero-order valence-corrected chi connectivity index (χ0v) is 12.6. The fourth-order valence-electron chi connectivity index (χ4n) is 2.81. The number of benzene rings is 1. The van der Waals surface area contributed by atoms with E-state index in [4.69, 9.17) is 0 Å². The van der Waals surface area contributed by atoms with Crippen LogP contribution in [-0.4, -0.2) is 30.9 Å². The first-order valence-electron chi connectivity index (χ1n) is 7.19. The van der Waals surface area contributed by atoms with Gasteiger partial charge in [0.1, 0.15) is 0 Å². The van der Waals surface area contributed by atoms with Gasteiger partial charge in [0.2, 0.25) is 11.8 Å². The van der Waals surface area contributed by atoms with E-state index in [0.717, 1.165) is 43.7 Å². The van der Waals surface area contributed by atoms with Gasteiger partial charge < -0.3 is 15.5 Å². The van der Waals surface area contributed by atoms with Crippen LogP contribution in [-0.2, 0) is 9.59 Å². The SMILES string of the molecule is Cl.O=C(Nc1cccc(N2CCCC2=O)c1)C1CCCN1. The number of rotatable bonds is 3. The van der Waals surface area contributed by atoms with Crippen molar-refractivity contribution in [3.63, 3.8) is 0 Å². The molecule has 1 unspecified atom stereocenters. The standard InChI is InChI=1S/C15H19N3O2.ClH/c19-14-7-3-9-18(14)12-5-1-4-11(10-12)17-15(20)13-6-2-8-16-13;/h1,4-5,10,13,16H,2-3,6-9H2,(H,17,20);1H. The zero-order chi connectivity index (χ0) is 13.9. The molecule has 3 rings (SSSR count). The van der Waals surface area contributed by atoms with Crippen molar-refractivity contribution in [3.05, 3.63) is 24.3 Å². The molecule has 0 aromatic heterocycles. The Hall–Kier alpha value is -1.59. The van der Waals surface area contributed by atoms with Gasteiger partial charge in [0.25, 0.3) is 0 Å². The number of nitrogens with zero attached hydrogens (tertiary/aromatic N) is 1. The first-order chi connectivity index (χ1) is 9.74. The van der Waals surface area contributed by atoms with E-state index in [0.29, 0.717) is 6.42 Å². The summed E-state index contributed by atoms with van der Waals surface area (Å²) in [7, 11) is 0. The van der Waals surface area contributed by atoms with E-state index in [1.165, 1.54) is 0 Å². The largest absolute Gasteiger partial charge is 0.325 e. The third-order valence-electron chi connectivity index (χ3n) is 3.88. The summed E-state index contributed by atoms with van der Waals surface area (Å²) in [4.78, 5) is 25.6. The molecular weight excluding hydrogens is 290 g/mol. The van der Waals surface area contributed by atoms with E-state index in [1.807, 2.05) is 24.3 Å². The third kappa shape index (κ3) is 3.54. The molecule has 2 amide bonds. The monoisotopic (exact) mass is 309 g/mol. The summed E-state index contributed by atoms with van der Waals surface area (Å²) in [5, 5.41) is 6.10. The molecule has 0 bridgehead atoms. The second kappa shape index (κ2) is 6.91. The summed E-state index contributed by atoms with van der Waals surface area (Å²) in [5.74, 6) is 0.165. The van der Waals surface area contributed by atoms with Crippen LogP contribution in [0, 0.1) is 0 Å². The van der Waals surface area contributed by atoms with Crippen molar-refractivity contribution in [2.24, 2.45) is 0 Å². The smallest absolute Gasteiger partial charge is 0.241 e. The van der Waals surface area contributed by atoms with Crippen molar-refractivity contribution in [1.82, 2.24) is 5.32 Å². The van der Waals surface area contributed by atoms with E-state index >= 15 is 0 Å². The molecule has 0 saturated carbocycles. The lowest BCUT2D eigenvalue weighted by molar-refractivity contribution is -0.118. The first kappa shape index (κ1) is 15.8. The molecule has 1 atom stereocenters. The number of hydrogen-bond donors (Lipinski definition) is 2. The third-order valence-corrected chi connectivity index (χ3v) is 3.88. The van der Waals surface area contributed by atoms with Gasteiger partial charge in [-0.05, 0) is 44.0 Å². The summed E-state index contributed by atoms with van der Waals surface area (Å²) in [5.41, 5.74) is 1.62. The van der Waals surface area contributed by atoms with Crippen LogP contribution in [0.2, 0.25) is 0 Å². The van der Waals surface area contributed by atoms with Crippen LogP contribution in [0.15, 0.2) is 24.3 Å². The quantitative estimate of drug-likeness (QED) is 0.897. The van der Waals surface area contributed by atoms with Crippen LogP contribution in [0.1, 0.15) is 25.7 Å². The molecule has 1 aromatic carbocycles. The number of amides is 2. The fraction of sp³-hybridized carbons (Fsp3) is 0.467. The molecular formula is C15H20ClN3O2. The van der Waals surface area contributed by atoms with E-state index in [2.05, 4.69) is 10.6 Å². The Bertz CT molecular complexity index is 529. The average molecular weight is 310 g/mol. The van der Waals surface area contributed by atoms with Crippen LogP contribution in [0.5, 0.6) is 0 Å². The number of anilines is 2. The second-order valence-corrected chi connectivity index (χ2v) is 5.34. The van der Waals surface area contributed by atoms with Gasteiger partial charge in [-0.15, -0.1) is 12.4 Å². The maximum Gasteiger partial charge on any atom is 0.241 e. The maximum absolute atomic E-state index is 12.1. The van der Waals surface area contributed by atoms with Crippen LogP contribution in [0.25, 0.3) is 0 Å². The van der Waals surface area contributed by atoms with E-state index in [1.54, 1.807) is 4.90 Å². The summed E-state index contributed by atoms with van der Waals surface area (Å²) in [6.45, 7) is 1.67. The Kier molecular flexibility index (Phi) is 5.20. The molecule has 1 aromatic rings. The van der Waals surface area contributed by atoms with Crippen molar-refractivity contribution in [2.75, 3.05) is 23.3 Å². The number of nitrogens with one attached hydrogen (secondary N) is 2. The second-order valence-electron chi connectivity index (χ2n) is 5.34. The Morgan fingerprint density at radius 2 is 2.19 bits per heavy atom. The summed E-state index contributed by atoms with van der Waals surface area (Å²) >= 11 is 0. The highest BCUT2D eigenvalue weighted by Gasteiger charge is 2.23. The molecule has 0 aliphatic carbocycles. The summed E-state index contributed by atoms with van der Waals surface area (Å²) in [6.07, 6.45) is 3.44. The fourth-order valence-corrected chi connectivity index (χ4v) is 2.81. The number of hydrogen-bond acceptors (Lipinski definition) is 3. The molecule has 2 aliphatic rings. The molecule has 21 heavy (non-hydrogen) atoms. The van der Waals surface area contributed by atoms with Gasteiger partial charge in [-0.2, -0.15) is 0 Å². The molecule has 0 radical (unpaired) electrons. The van der Waals surface area contributed by atoms with E-state index < -0.39 is 0 Å². The van der Waals surface area contributed by atoms with Gasteiger partial charge in [-0.3, -0.25) is 9.59 Å². The Morgan fingerprint density at radius 3 is 2.86 bits per heavy atom. The van der Waals surface area contributed by atoms with Gasteiger partial charge in [0.15, 0.2) is 0 Å². The zero-order valence-electron chi connectivity index (χ0n) is 11.8. The topological polar surface area (TPSA) is 61.4 Å². The minimum absolute atomic E-state index is 0. The molecule has 2 N–H and O–H groups in total. The Morgan fingerprint density at radius 1 is 1.33 bits per heavy atom. The Balaban J connectivity index is 0.00000161. The van der Waals surface area contributed by atoms with E-state index in [9.17, 15) is 9.59 Å². The predicted molar refractivity (Wildman–Crippen MR) is 84.9 cm³/mol. The lowest BCUT2D eigenvalue weighted by Gasteiger charge is -2.17. The molecule has 2 aliphatic heterocycles. The van der Waals surface area contributed by atoms with Crippen LogP contribution in [0.3, 0.4) is 0 Å². The molecule has 2 fully saturated rings. The van der Waals surface area contributed by atoms with Gasteiger partial charge in [0.05, 0.1) is 6.04 Å². The number of carbonyl (C=O) groups is 2. The van der Waals surface area contributed by atoms with Gasteiger partial charge in [0, 0.05) is 24.3 Å². The summed E-state index contributed by atoms with van der Waals surface area (Å²) < 4.78 is 0. The highest BCUT2D eigenvalue weighted by atomic mass is 35.5. The van der Waals surface area contributed by atoms with Crippen molar-refractivity contribution in [3.8, 4) is 0 Å². The lowest BCUT2D eigenvalue weighted by Crippen LogP contribution is -2.35. The minimum atomic E-state index is -0.0907. The van der Waals surface area contributed by atoms with Gasteiger partial charge in [-0.1, -0.05) is 6.07 Å². The molecule has 114 valence electrons. The van der Waals surface area contributed by atoms with Crippen molar-refractivity contribution >= 4 is 35.6 Å². The van der Waals surface area contributed by atoms with Gasteiger partial charge in [-0.25, -0.2) is 0 Å².